The zero-order valence-corrected chi connectivity index (χ0v) is 12.9. The molecule has 1 aromatic carbocycles. The van der Waals surface area contributed by atoms with Gasteiger partial charge >= 0.3 is 0 Å². The molecule has 0 aromatic heterocycles. The third-order valence-corrected chi connectivity index (χ3v) is 4.01. The van der Waals surface area contributed by atoms with Gasteiger partial charge in [-0.1, -0.05) is 11.6 Å². The van der Waals surface area contributed by atoms with Crippen LogP contribution >= 0.6 is 11.6 Å². The van der Waals surface area contributed by atoms with Crippen molar-refractivity contribution in [1.82, 2.24) is 9.80 Å². The van der Waals surface area contributed by atoms with E-state index in [1.807, 2.05) is 4.90 Å². The van der Waals surface area contributed by atoms with Gasteiger partial charge in [-0.05, 0) is 39.0 Å². The number of hydrogen-bond acceptors (Lipinski definition) is 3. The van der Waals surface area contributed by atoms with Crippen LogP contribution in [0.15, 0.2) is 18.2 Å². The van der Waals surface area contributed by atoms with Crippen molar-refractivity contribution in [3.8, 4) is 5.75 Å². The number of carbonyl (C=O) groups excluding carboxylic acids is 1. The van der Waals surface area contributed by atoms with Crippen molar-refractivity contribution in [2.75, 3.05) is 26.2 Å². The number of nitrogens with zero attached hydrogens (tertiary/aromatic N) is 2. The lowest BCUT2D eigenvalue weighted by Crippen LogP contribution is -2.54. The largest absolute Gasteiger partial charge is 0.506 e. The van der Waals surface area contributed by atoms with E-state index in [0.717, 1.165) is 13.1 Å². The number of piperazine rings is 1. The van der Waals surface area contributed by atoms with Crippen molar-refractivity contribution in [2.45, 2.75) is 26.3 Å². The number of benzene rings is 1. The molecule has 1 N–H and O–H groups in total. The van der Waals surface area contributed by atoms with Gasteiger partial charge in [0.15, 0.2) is 0 Å². The highest BCUT2D eigenvalue weighted by Gasteiger charge is 2.28. The molecule has 1 amide bonds. The summed E-state index contributed by atoms with van der Waals surface area (Å²) in [6.07, 6.45) is 0. The smallest absolute Gasteiger partial charge is 0.253 e. The van der Waals surface area contributed by atoms with Crippen molar-refractivity contribution in [3.63, 3.8) is 0 Å². The van der Waals surface area contributed by atoms with E-state index in [0.29, 0.717) is 18.7 Å². The lowest BCUT2D eigenvalue weighted by molar-refractivity contribution is 0.0451. The fourth-order valence-electron chi connectivity index (χ4n) is 2.40. The number of amides is 1. The van der Waals surface area contributed by atoms with Crippen LogP contribution in [-0.4, -0.2) is 52.5 Å². The topological polar surface area (TPSA) is 43.8 Å². The second-order valence-corrected chi connectivity index (χ2v) is 6.52. The second-order valence-electron chi connectivity index (χ2n) is 6.12. The van der Waals surface area contributed by atoms with E-state index in [2.05, 4.69) is 25.7 Å². The summed E-state index contributed by atoms with van der Waals surface area (Å²) in [5.74, 6) is -0.0266. The van der Waals surface area contributed by atoms with E-state index >= 15 is 0 Å². The van der Waals surface area contributed by atoms with E-state index < -0.39 is 0 Å². The standard InChI is InChI=1S/C15H21ClN2O2/c1-15(2,3)18-8-6-17(7-9-18)14(20)11-4-5-13(19)12(16)10-11/h4-5,10,19H,6-9H2,1-3H3. The third kappa shape index (κ3) is 3.25. The minimum Gasteiger partial charge on any atom is -0.506 e. The summed E-state index contributed by atoms with van der Waals surface area (Å²) in [6, 6.07) is 4.59. The molecule has 1 saturated heterocycles. The Balaban J connectivity index is 2.03. The Hall–Kier alpha value is -1.26. The Morgan fingerprint density at radius 2 is 1.80 bits per heavy atom. The van der Waals surface area contributed by atoms with Gasteiger partial charge in [0, 0.05) is 37.3 Å². The van der Waals surface area contributed by atoms with Crippen molar-refractivity contribution < 1.29 is 9.90 Å². The zero-order chi connectivity index (χ0) is 14.9. The summed E-state index contributed by atoms with van der Waals surface area (Å²) in [4.78, 5) is 16.6. The van der Waals surface area contributed by atoms with Crippen LogP contribution in [0.4, 0.5) is 0 Å². The van der Waals surface area contributed by atoms with E-state index in [1.54, 1.807) is 6.07 Å². The van der Waals surface area contributed by atoms with Crippen LogP contribution in [-0.2, 0) is 0 Å². The van der Waals surface area contributed by atoms with Gasteiger partial charge in [-0.15, -0.1) is 0 Å². The van der Waals surface area contributed by atoms with Gasteiger partial charge in [-0.2, -0.15) is 0 Å². The Kier molecular flexibility index (Phi) is 4.25. The van der Waals surface area contributed by atoms with Crippen molar-refractivity contribution in [3.05, 3.63) is 28.8 Å². The first-order valence-corrected chi connectivity index (χ1v) is 7.19. The van der Waals surface area contributed by atoms with Crippen molar-refractivity contribution in [1.29, 1.82) is 0 Å². The lowest BCUT2D eigenvalue weighted by Gasteiger charge is -2.42. The Morgan fingerprint density at radius 3 is 2.30 bits per heavy atom. The molecule has 1 aliphatic rings. The number of halogens is 1. The highest BCUT2D eigenvalue weighted by Crippen LogP contribution is 2.25. The summed E-state index contributed by atoms with van der Waals surface area (Å²) < 4.78 is 0. The molecule has 1 fully saturated rings. The fourth-order valence-corrected chi connectivity index (χ4v) is 2.58. The maximum atomic E-state index is 12.4. The van der Waals surface area contributed by atoms with Gasteiger partial charge in [0.05, 0.1) is 5.02 Å². The quantitative estimate of drug-likeness (QED) is 0.866. The molecule has 4 nitrogen and oxygen atoms in total. The van der Waals surface area contributed by atoms with Gasteiger partial charge in [-0.25, -0.2) is 0 Å². The highest BCUT2D eigenvalue weighted by molar-refractivity contribution is 6.32. The van der Waals surface area contributed by atoms with Gasteiger partial charge in [0.2, 0.25) is 0 Å². The summed E-state index contributed by atoms with van der Waals surface area (Å²) in [6.45, 7) is 9.74. The molecular weight excluding hydrogens is 276 g/mol. The minimum absolute atomic E-state index is 0.000712. The van der Waals surface area contributed by atoms with Gasteiger partial charge in [0.25, 0.3) is 5.91 Å². The van der Waals surface area contributed by atoms with E-state index in [1.165, 1.54) is 12.1 Å². The first-order valence-electron chi connectivity index (χ1n) is 6.82. The number of phenols is 1. The number of hydrogen-bond donors (Lipinski definition) is 1. The molecule has 0 unspecified atom stereocenters. The van der Waals surface area contributed by atoms with Crippen molar-refractivity contribution in [2.24, 2.45) is 0 Å². The van der Waals surface area contributed by atoms with Crippen LogP contribution in [0, 0.1) is 0 Å². The van der Waals surface area contributed by atoms with E-state index in [4.69, 9.17) is 11.6 Å². The van der Waals surface area contributed by atoms with E-state index in [-0.39, 0.29) is 22.2 Å². The van der Waals surface area contributed by atoms with Crippen LogP contribution in [0.25, 0.3) is 0 Å². The molecule has 0 aliphatic carbocycles. The average molecular weight is 297 g/mol. The molecule has 1 aromatic rings. The molecule has 0 atom stereocenters. The molecule has 0 spiro atoms. The summed E-state index contributed by atoms with van der Waals surface area (Å²) in [5, 5.41) is 9.61. The number of phenolic OH excluding ortho intramolecular Hbond substituents is 1. The van der Waals surface area contributed by atoms with Gasteiger partial charge in [-0.3, -0.25) is 9.69 Å². The van der Waals surface area contributed by atoms with Crippen LogP contribution in [0.1, 0.15) is 31.1 Å². The molecule has 110 valence electrons. The van der Waals surface area contributed by atoms with Gasteiger partial charge in [0.1, 0.15) is 5.75 Å². The first kappa shape index (κ1) is 15.1. The summed E-state index contributed by atoms with van der Waals surface area (Å²) >= 11 is 5.85. The Bertz CT molecular complexity index is 503. The number of aromatic hydroxyl groups is 1. The molecule has 2 rings (SSSR count). The maximum Gasteiger partial charge on any atom is 0.253 e. The third-order valence-electron chi connectivity index (χ3n) is 3.71. The minimum atomic E-state index is -0.0274. The molecular formula is C15H21ClN2O2. The van der Waals surface area contributed by atoms with Crippen LogP contribution in [0.2, 0.25) is 5.02 Å². The second kappa shape index (κ2) is 5.62. The van der Waals surface area contributed by atoms with Crippen LogP contribution < -0.4 is 0 Å². The van der Waals surface area contributed by atoms with Crippen molar-refractivity contribution >= 4 is 17.5 Å². The number of rotatable bonds is 1. The zero-order valence-electron chi connectivity index (χ0n) is 12.2. The molecule has 5 heteroatoms. The average Bonchev–Trinajstić information content (AvgIpc) is 2.40. The SMILES string of the molecule is CC(C)(C)N1CCN(C(=O)c2ccc(O)c(Cl)c2)CC1. The van der Waals surface area contributed by atoms with E-state index in [9.17, 15) is 9.90 Å². The molecule has 0 saturated carbocycles. The molecule has 0 radical (unpaired) electrons. The first-order chi connectivity index (χ1) is 9.29. The summed E-state index contributed by atoms with van der Waals surface area (Å²) in [5.41, 5.74) is 0.661. The maximum absolute atomic E-state index is 12.4. The predicted octanol–water partition coefficient (Wildman–Crippen LogP) is 2.60. The molecule has 1 heterocycles. The predicted molar refractivity (Wildman–Crippen MR) is 80.3 cm³/mol. The van der Waals surface area contributed by atoms with Crippen LogP contribution in [0.3, 0.4) is 0 Å². The Morgan fingerprint density at radius 1 is 1.20 bits per heavy atom. The molecule has 1 aliphatic heterocycles. The normalized spacial score (nSPS) is 17.3. The lowest BCUT2D eigenvalue weighted by atomic mass is 10.0. The summed E-state index contributed by atoms with van der Waals surface area (Å²) in [7, 11) is 0. The fraction of sp³-hybridized carbons (Fsp3) is 0.533. The van der Waals surface area contributed by atoms with Gasteiger partial charge < -0.3 is 10.0 Å². The van der Waals surface area contributed by atoms with Crippen LogP contribution in [0.5, 0.6) is 5.75 Å². The highest BCUT2D eigenvalue weighted by atomic mass is 35.5. The Labute approximate surface area is 124 Å². The number of carbonyl (C=O) groups is 1. The monoisotopic (exact) mass is 296 g/mol. The molecule has 20 heavy (non-hydrogen) atoms. The molecule has 0 bridgehead atoms.